The fourth-order valence-electron chi connectivity index (χ4n) is 2.38. The maximum absolute atomic E-state index is 12.3. The molecule has 0 aliphatic carbocycles. The topological polar surface area (TPSA) is 56.1 Å². The Morgan fingerprint density at radius 3 is 2.84 bits per heavy atom. The molecule has 0 unspecified atom stereocenters. The summed E-state index contributed by atoms with van der Waals surface area (Å²) >= 11 is 0. The lowest BCUT2D eigenvalue weighted by Gasteiger charge is -2.38. The van der Waals surface area contributed by atoms with Crippen molar-refractivity contribution in [3.63, 3.8) is 0 Å². The van der Waals surface area contributed by atoms with Gasteiger partial charge in [-0.05, 0) is 44.0 Å². The minimum absolute atomic E-state index is 0.127. The largest absolute Gasteiger partial charge is 0.336 e. The first-order valence-corrected chi connectivity index (χ1v) is 6.48. The SMILES string of the molecule is Cc1cc(C#N)ccc1CN1CCNC(C)(C)C1=O. The van der Waals surface area contributed by atoms with Crippen LogP contribution in [0.3, 0.4) is 0 Å². The summed E-state index contributed by atoms with van der Waals surface area (Å²) in [6, 6.07) is 7.74. The average Bonchev–Trinajstić information content (AvgIpc) is 2.37. The second kappa shape index (κ2) is 5.02. The monoisotopic (exact) mass is 257 g/mol. The van der Waals surface area contributed by atoms with Crippen LogP contribution in [0.25, 0.3) is 0 Å². The van der Waals surface area contributed by atoms with Crippen LogP contribution in [0.5, 0.6) is 0 Å². The number of piperazine rings is 1. The van der Waals surface area contributed by atoms with Crippen molar-refractivity contribution in [3.8, 4) is 6.07 Å². The highest BCUT2D eigenvalue weighted by atomic mass is 16.2. The summed E-state index contributed by atoms with van der Waals surface area (Å²) in [4.78, 5) is 14.2. The van der Waals surface area contributed by atoms with Gasteiger partial charge in [0.25, 0.3) is 0 Å². The van der Waals surface area contributed by atoms with E-state index in [1.807, 2.05) is 37.8 Å². The second-order valence-electron chi connectivity index (χ2n) is 5.53. The van der Waals surface area contributed by atoms with Gasteiger partial charge in [0.15, 0.2) is 0 Å². The van der Waals surface area contributed by atoms with Crippen molar-refractivity contribution >= 4 is 5.91 Å². The Hall–Kier alpha value is -1.86. The molecule has 2 rings (SSSR count). The van der Waals surface area contributed by atoms with Gasteiger partial charge >= 0.3 is 0 Å². The summed E-state index contributed by atoms with van der Waals surface area (Å²) in [5, 5.41) is 12.1. The summed E-state index contributed by atoms with van der Waals surface area (Å²) in [5.74, 6) is 0.127. The zero-order chi connectivity index (χ0) is 14.0. The first-order valence-electron chi connectivity index (χ1n) is 6.48. The van der Waals surface area contributed by atoms with E-state index in [0.29, 0.717) is 12.1 Å². The molecule has 1 aliphatic heterocycles. The van der Waals surface area contributed by atoms with Crippen molar-refractivity contribution in [1.29, 1.82) is 5.26 Å². The lowest BCUT2D eigenvalue weighted by atomic mass is 9.99. The van der Waals surface area contributed by atoms with Crippen molar-refractivity contribution in [1.82, 2.24) is 10.2 Å². The Morgan fingerprint density at radius 1 is 1.47 bits per heavy atom. The summed E-state index contributed by atoms with van der Waals surface area (Å²) < 4.78 is 0. The number of nitrogens with zero attached hydrogens (tertiary/aromatic N) is 2. The van der Waals surface area contributed by atoms with Gasteiger partial charge < -0.3 is 10.2 Å². The van der Waals surface area contributed by atoms with Gasteiger partial charge in [-0.3, -0.25) is 4.79 Å². The van der Waals surface area contributed by atoms with Crippen LogP contribution in [0.2, 0.25) is 0 Å². The van der Waals surface area contributed by atoms with Gasteiger partial charge in [0.2, 0.25) is 5.91 Å². The number of carbonyl (C=O) groups excluding carboxylic acids is 1. The predicted molar refractivity (Wildman–Crippen MR) is 73.4 cm³/mol. The van der Waals surface area contributed by atoms with Crippen LogP contribution >= 0.6 is 0 Å². The Kier molecular flexibility index (Phi) is 3.59. The molecule has 1 heterocycles. The molecule has 4 heteroatoms. The van der Waals surface area contributed by atoms with E-state index < -0.39 is 5.54 Å². The van der Waals surface area contributed by atoms with Crippen molar-refractivity contribution in [3.05, 3.63) is 34.9 Å². The fourth-order valence-corrected chi connectivity index (χ4v) is 2.38. The van der Waals surface area contributed by atoms with Crippen LogP contribution in [0.1, 0.15) is 30.5 Å². The Morgan fingerprint density at radius 2 is 2.21 bits per heavy atom. The van der Waals surface area contributed by atoms with Gasteiger partial charge in [-0.15, -0.1) is 0 Å². The van der Waals surface area contributed by atoms with Crippen molar-refractivity contribution in [2.75, 3.05) is 13.1 Å². The third-order valence-corrected chi connectivity index (χ3v) is 3.60. The number of rotatable bonds is 2. The molecule has 1 amide bonds. The molecule has 1 aromatic carbocycles. The Balaban J connectivity index is 2.18. The zero-order valence-electron chi connectivity index (χ0n) is 11.7. The van der Waals surface area contributed by atoms with Crippen molar-refractivity contribution in [2.45, 2.75) is 32.9 Å². The molecule has 0 aromatic heterocycles. The molecule has 19 heavy (non-hydrogen) atoms. The standard InChI is InChI=1S/C15H19N3O/c1-11-8-12(9-16)4-5-13(11)10-18-7-6-17-15(2,3)14(18)19/h4-5,8,17H,6-7,10H2,1-3H3. The van der Waals surface area contributed by atoms with E-state index >= 15 is 0 Å². The van der Waals surface area contributed by atoms with Crippen LogP contribution in [0.4, 0.5) is 0 Å². The number of nitriles is 1. The highest BCUT2D eigenvalue weighted by Gasteiger charge is 2.35. The van der Waals surface area contributed by atoms with E-state index in [1.54, 1.807) is 6.07 Å². The van der Waals surface area contributed by atoms with Gasteiger partial charge in [0.05, 0.1) is 17.2 Å². The predicted octanol–water partition coefficient (Wildman–Crippen LogP) is 1.58. The van der Waals surface area contributed by atoms with E-state index in [9.17, 15) is 4.79 Å². The van der Waals surface area contributed by atoms with E-state index in [4.69, 9.17) is 5.26 Å². The van der Waals surface area contributed by atoms with Crippen LogP contribution < -0.4 is 5.32 Å². The third kappa shape index (κ3) is 2.77. The molecule has 1 N–H and O–H groups in total. The van der Waals surface area contributed by atoms with E-state index in [0.717, 1.165) is 24.2 Å². The number of nitrogens with one attached hydrogen (secondary N) is 1. The molecule has 0 atom stereocenters. The van der Waals surface area contributed by atoms with E-state index in [-0.39, 0.29) is 5.91 Å². The zero-order valence-corrected chi connectivity index (χ0v) is 11.7. The van der Waals surface area contributed by atoms with E-state index in [2.05, 4.69) is 11.4 Å². The molecule has 0 saturated carbocycles. The summed E-state index contributed by atoms with van der Waals surface area (Å²) in [6.07, 6.45) is 0. The van der Waals surface area contributed by atoms with Crippen LogP contribution in [-0.2, 0) is 11.3 Å². The molecular formula is C15H19N3O. The summed E-state index contributed by atoms with van der Waals surface area (Å²) in [7, 11) is 0. The first kappa shape index (κ1) is 13.6. The minimum atomic E-state index is -0.487. The number of carbonyl (C=O) groups is 1. The molecule has 1 aromatic rings. The Labute approximate surface area is 114 Å². The minimum Gasteiger partial charge on any atom is -0.336 e. The molecule has 1 fully saturated rings. The maximum atomic E-state index is 12.3. The molecule has 1 aliphatic rings. The number of aryl methyl sites for hydroxylation is 1. The quantitative estimate of drug-likeness (QED) is 0.875. The molecule has 100 valence electrons. The van der Waals surface area contributed by atoms with Crippen LogP contribution in [-0.4, -0.2) is 29.4 Å². The molecule has 0 spiro atoms. The number of hydrogen-bond acceptors (Lipinski definition) is 3. The third-order valence-electron chi connectivity index (χ3n) is 3.60. The average molecular weight is 257 g/mol. The summed E-state index contributed by atoms with van der Waals surface area (Å²) in [6.45, 7) is 7.95. The van der Waals surface area contributed by atoms with Crippen molar-refractivity contribution in [2.24, 2.45) is 0 Å². The van der Waals surface area contributed by atoms with Crippen LogP contribution in [0, 0.1) is 18.3 Å². The van der Waals surface area contributed by atoms with Gasteiger partial charge in [-0.1, -0.05) is 6.07 Å². The highest BCUT2D eigenvalue weighted by molar-refractivity contribution is 5.86. The second-order valence-corrected chi connectivity index (χ2v) is 5.53. The number of hydrogen-bond donors (Lipinski definition) is 1. The molecule has 0 bridgehead atoms. The van der Waals surface area contributed by atoms with Gasteiger partial charge in [0.1, 0.15) is 0 Å². The normalized spacial score (nSPS) is 18.2. The van der Waals surface area contributed by atoms with Gasteiger partial charge in [-0.25, -0.2) is 0 Å². The number of benzene rings is 1. The van der Waals surface area contributed by atoms with Crippen molar-refractivity contribution < 1.29 is 4.79 Å². The number of amides is 1. The smallest absolute Gasteiger partial charge is 0.242 e. The van der Waals surface area contributed by atoms with Gasteiger partial charge in [-0.2, -0.15) is 5.26 Å². The summed E-state index contributed by atoms with van der Waals surface area (Å²) in [5.41, 5.74) is 2.33. The fraction of sp³-hybridized carbons (Fsp3) is 0.467. The lowest BCUT2D eigenvalue weighted by Crippen LogP contribution is -2.60. The molecular weight excluding hydrogens is 238 g/mol. The molecule has 4 nitrogen and oxygen atoms in total. The highest BCUT2D eigenvalue weighted by Crippen LogP contribution is 2.18. The maximum Gasteiger partial charge on any atom is 0.242 e. The van der Waals surface area contributed by atoms with E-state index in [1.165, 1.54) is 0 Å². The molecule has 1 saturated heterocycles. The first-order chi connectivity index (χ1) is 8.94. The Bertz CT molecular complexity index is 543. The van der Waals surface area contributed by atoms with Gasteiger partial charge in [0, 0.05) is 19.6 Å². The lowest BCUT2D eigenvalue weighted by molar-refractivity contribution is -0.140. The molecule has 0 radical (unpaired) electrons. The van der Waals surface area contributed by atoms with Crippen LogP contribution in [0.15, 0.2) is 18.2 Å².